The van der Waals surface area contributed by atoms with E-state index < -0.39 is 0 Å². The Kier molecular flexibility index (Phi) is 5.38. The first-order valence-electron chi connectivity index (χ1n) is 5.35. The molecule has 1 aromatic rings. The fraction of sp³-hybridized carbons (Fsp3) is 0.308. The molecule has 1 N–H and O–H groups in total. The molecule has 92 valence electrons. The van der Waals surface area contributed by atoms with Crippen molar-refractivity contribution in [2.45, 2.75) is 13.8 Å². The first-order valence-corrected chi connectivity index (χ1v) is 6.14. The number of benzene rings is 1. The SMILES string of the molecule is CONC(=O)/C=C(/c1ccc(Br)cc1)C(C)C. The Morgan fingerprint density at radius 3 is 2.41 bits per heavy atom. The second-order valence-corrected chi connectivity index (χ2v) is 4.85. The number of carbonyl (C=O) groups is 1. The molecule has 0 aromatic heterocycles. The predicted molar refractivity (Wildman–Crippen MR) is 72.1 cm³/mol. The summed E-state index contributed by atoms with van der Waals surface area (Å²) in [5, 5.41) is 0. The summed E-state index contributed by atoms with van der Waals surface area (Å²) in [6, 6.07) is 7.88. The van der Waals surface area contributed by atoms with Crippen molar-refractivity contribution in [1.82, 2.24) is 5.48 Å². The van der Waals surface area contributed by atoms with Crippen molar-refractivity contribution in [2.24, 2.45) is 5.92 Å². The fourth-order valence-corrected chi connectivity index (χ4v) is 1.76. The molecule has 3 nitrogen and oxygen atoms in total. The van der Waals surface area contributed by atoms with Crippen LogP contribution in [-0.2, 0) is 9.63 Å². The summed E-state index contributed by atoms with van der Waals surface area (Å²) in [7, 11) is 1.42. The normalized spacial score (nSPS) is 11.7. The Bertz CT molecular complexity index is 410. The number of rotatable bonds is 4. The van der Waals surface area contributed by atoms with E-state index >= 15 is 0 Å². The number of hydrogen-bond donors (Lipinski definition) is 1. The van der Waals surface area contributed by atoms with E-state index in [2.05, 4.69) is 26.2 Å². The molecule has 0 unspecified atom stereocenters. The lowest BCUT2D eigenvalue weighted by Gasteiger charge is -2.11. The molecule has 0 atom stereocenters. The van der Waals surface area contributed by atoms with Crippen LogP contribution in [0.5, 0.6) is 0 Å². The molecule has 0 saturated carbocycles. The molecule has 1 rings (SSSR count). The number of nitrogens with one attached hydrogen (secondary N) is 1. The summed E-state index contributed by atoms with van der Waals surface area (Å²) in [4.78, 5) is 16.1. The van der Waals surface area contributed by atoms with Crippen molar-refractivity contribution in [3.63, 3.8) is 0 Å². The van der Waals surface area contributed by atoms with Crippen LogP contribution in [0, 0.1) is 5.92 Å². The Morgan fingerprint density at radius 2 is 1.94 bits per heavy atom. The molecule has 1 aromatic carbocycles. The summed E-state index contributed by atoms with van der Waals surface area (Å²) in [6.45, 7) is 4.10. The third-order valence-electron chi connectivity index (χ3n) is 2.29. The molecule has 0 bridgehead atoms. The van der Waals surface area contributed by atoms with Crippen molar-refractivity contribution in [3.05, 3.63) is 40.4 Å². The number of hydroxylamine groups is 1. The highest BCUT2D eigenvalue weighted by molar-refractivity contribution is 9.10. The lowest BCUT2D eigenvalue weighted by atomic mass is 9.95. The molecular weight excluding hydrogens is 282 g/mol. The standard InChI is InChI=1S/C13H16BrNO2/c1-9(2)12(8-13(16)15-17-3)10-4-6-11(14)7-5-10/h4-9H,1-3H3,(H,15,16)/b12-8+. The van der Waals surface area contributed by atoms with Gasteiger partial charge in [-0.25, -0.2) is 5.48 Å². The van der Waals surface area contributed by atoms with E-state index in [4.69, 9.17) is 0 Å². The summed E-state index contributed by atoms with van der Waals surface area (Å²) in [6.07, 6.45) is 1.57. The topological polar surface area (TPSA) is 38.3 Å². The summed E-state index contributed by atoms with van der Waals surface area (Å²) < 4.78 is 1.02. The van der Waals surface area contributed by atoms with Crippen LogP contribution in [0.1, 0.15) is 19.4 Å². The molecule has 0 aliphatic carbocycles. The van der Waals surface area contributed by atoms with Gasteiger partial charge in [-0.3, -0.25) is 9.63 Å². The van der Waals surface area contributed by atoms with Gasteiger partial charge in [0.15, 0.2) is 0 Å². The van der Waals surface area contributed by atoms with Crippen LogP contribution in [0.2, 0.25) is 0 Å². The van der Waals surface area contributed by atoms with Gasteiger partial charge in [0, 0.05) is 10.5 Å². The third kappa shape index (κ3) is 4.32. The van der Waals surface area contributed by atoms with E-state index in [0.29, 0.717) is 0 Å². The van der Waals surface area contributed by atoms with Crippen molar-refractivity contribution in [2.75, 3.05) is 7.11 Å². The minimum atomic E-state index is -0.251. The average Bonchev–Trinajstić information content (AvgIpc) is 2.27. The van der Waals surface area contributed by atoms with Crippen LogP contribution in [0.25, 0.3) is 5.57 Å². The van der Waals surface area contributed by atoms with Gasteiger partial charge in [0.05, 0.1) is 7.11 Å². The average molecular weight is 298 g/mol. The second-order valence-electron chi connectivity index (χ2n) is 3.93. The highest BCUT2D eigenvalue weighted by atomic mass is 79.9. The van der Waals surface area contributed by atoms with Gasteiger partial charge >= 0.3 is 0 Å². The van der Waals surface area contributed by atoms with E-state index in [1.165, 1.54) is 7.11 Å². The monoisotopic (exact) mass is 297 g/mol. The molecule has 0 aliphatic heterocycles. The zero-order valence-electron chi connectivity index (χ0n) is 10.2. The van der Waals surface area contributed by atoms with E-state index in [9.17, 15) is 4.79 Å². The minimum Gasteiger partial charge on any atom is -0.277 e. The summed E-state index contributed by atoms with van der Waals surface area (Å²) >= 11 is 3.39. The maximum atomic E-state index is 11.5. The number of hydrogen-bond acceptors (Lipinski definition) is 2. The van der Waals surface area contributed by atoms with Crippen LogP contribution >= 0.6 is 15.9 Å². The van der Waals surface area contributed by atoms with Gasteiger partial charge in [0.2, 0.25) is 0 Å². The minimum absolute atomic E-state index is 0.251. The smallest absolute Gasteiger partial charge is 0.267 e. The number of allylic oxidation sites excluding steroid dienone is 1. The highest BCUT2D eigenvalue weighted by Crippen LogP contribution is 2.24. The van der Waals surface area contributed by atoms with Gasteiger partial charge in [-0.2, -0.15) is 0 Å². The maximum Gasteiger partial charge on any atom is 0.267 e. The molecule has 0 aliphatic rings. The molecule has 4 heteroatoms. The lowest BCUT2D eigenvalue weighted by Crippen LogP contribution is -2.20. The number of halogens is 1. The Balaban J connectivity index is 3.01. The molecule has 0 radical (unpaired) electrons. The van der Waals surface area contributed by atoms with Gasteiger partial charge in [-0.05, 0) is 29.2 Å². The lowest BCUT2D eigenvalue weighted by molar-refractivity contribution is -0.126. The molecule has 0 spiro atoms. The molecule has 17 heavy (non-hydrogen) atoms. The predicted octanol–water partition coefficient (Wildman–Crippen LogP) is 3.17. The molecule has 0 fully saturated rings. The van der Waals surface area contributed by atoms with E-state index in [1.807, 2.05) is 38.1 Å². The molecule has 0 saturated heterocycles. The zero-order valence-corrected chi connectivity index (χ0v) is 11.7. The van der Waals surface area contributed by atoms with Gasteiger partial charge in [0.1, 0.15) is 0 Å². The van der Waals surface area contributed by atoms with Gasteiger partial charge < -0.3 is 0 Å². The molecular formula is C13H16BrNO2. The van der Waals surface area contributed by atoms with Crippen molar-refractivity contribution in [1.29, 1.82) is 0 Å². The largest absolute Gasteiger partial charge is 0.277 e. The maximum absolute atomic E-state index is 11.5. The van der Waals surface area contributed by atoms with E-state index in [1.54, 1.807) is 6.08 Å². The molecule has 1 amide bonds. The molecule has 0 heterocycles. The second kappa shape index (κ2) is 6.57. The van der Waals surface area contributed by atoms with Crippen LogP contribution in [0.3, 0.4) is 0 Å². The van der Waals surface area contributed by atoms with Crippen molar-refractivity contribution < 1.29 is 9.63 Å². The quantitative estimate of drug-likeness (QED) is 0.685. The number of carbonyl (C=O) groups excluding carboxylic acids is 1. The highest BCUT2D eigenvalue weighted by Gasteiger charge is 2.08. The summed E-state index contributed by atoms with van der Waals surface area (Å²) in [5.41, 5.74) is 4.30. The zero-order chi connectivity index (χ0) is 12.8. The van der Waals surface area contributed by atoms with Crippen LogP contribution in [0.4, 0.5) is 0 Å². The third-order valence-corrected chi connectivity index (χ3v) is 2.82. The fourth-order valence-electron chi connectivity index (χ4n) is 1.50. The van der Waals surface area contributed by atoms with Crippen molar-refractivity contribution in [3.8, 4) is 0 Å². The Labute approximate surface area is 110 Å². The first kappa shape index (κ1) is 13.9. The van der Waals surface area contributed by atoms with Crippen molar-refractivity contribution >= 4 is 27.4 Å². The first-order chi connectivity index (χ1) is 8.04. The van der Waals surface area contributed by atoms with E-state index in [0.717, 1.165) is 15.6 Å². The van der Waals surface area contributed by atoms with Crippen LogP contribution in [0.15, 0.2) is 34.8 Å². The van der Waals surface area contributed by atoms with E-state index in [-0.39, 0.29) is 11.8 Å². The van der Waals surface area contributed by atoms with Gasteiger partial charge in [-0.1, -0.05) is 41.9 Å². The Hall–Kier alpha value is -1.13. The van der Waals surface area contributed by atoms with Gasteiger partial charge in [-0.15, -0.1) is 0 Å². The van der Waals surface area contributed by atoms with Crippen LogP contribution < -0.4 is 5.48 Å². The Morgan fingerprint density at radius 1 is 1.35 bits per heavy atom. The summed E-state index contributed by atoms with van der Waals surface area (Å²) in [5.74, 6) is 0.0119. The number of amides is 1. The van der Waals surface area contributed by atoms with Gasteiger partial charge in [0.25, 0.3) is 5.91 Å². The van der Waals surface area contributed by atoms with Crippen LogP contribution in [-0.4, -0.2) is 13.0 Å².